The first-order valence-electron chi connectivity index (χ1n) is 10.7. The number of nitrogens with zero attached hydrogens (tertiary/aromatic N) is 5. The molecule has 196 valence electrons. The summed E-state index contributed by atoms with van der Waals surface area (Å²) in [7, 11) is 0. The zero-order chi connectivity index (χ0) is 27.1. The van der Waals surface area contributed by atoms with Gasteiger partial charge < -0.3 is 10.5 Å². The summed E-state index contributed by atoms with van der Waals surface area (Å²) in [5.74, 6) is -4.39. The van der Waals surface area contributed by atoms with E-state index in [9.17, 15) is 26.7 Å². The van der Waals surface area contributed by atoms with Crippen molar-refractivity contribution in [3.63, 3.8) is 0 Å². The first kappa shape index (κ1) is 26.3. The lowest BCUT2D eigenvalue weighted by atomic mass is 10.0. The summed E-state index contributed by atoms with van der Waals surface area (Å²) in [6.07, 6.45) is -2.03. The fourth-order valence-corrected chi connectivity index (χ4v) is 4.33. The van der Waals surface area contributed by atoms with E-state index in [1.165, 1.54) is 22.9 Å². The van der Waals surface area contributed by atoms with Gasteiger partial charge in [-0.05, 0) is 44.0 Å². The summed E-state index contributed by atoms with van der Waals surface area (Å²) in [6, 6.07) is 2.78. The molecule has 3 heterocycles. The number of anilines is 2. The van der Waals surface area contributed by atoms with Crippen LogP contribution in [-0.2, 0) is 12.3 Å². The normalized spacial score (nSPS) is 12.0. The molecule has 3 N–H and O–H groups in total. The van der Waals surface area contributed by atoms with Gasteiger partial charge in [0.2, 0.25) is 5.95 Å². The topological polar surface area (TPSA) is 104 Å². The van der Waals surface area contributed by atoms with Gasteiger partial charge >= 0.3 is 6.18 Å². The molecule has 0 radical (unpaired) electrons. The van der Waals surface area contributed by atoms with E-state index in [4.69, 9.17) is 5.73 Å². The van der Waals surface area contributed by atoms with Crippen LogP contribution in [-0.4, -0.2) is 30.5 Å². The Kier molecular flexibility index (Phi) is 7.08. The van der Waals surface area contributed by atoms with E-state index >= 15 is 4.39 Å². The van der Waals surface area contributed by atoms with Crippen molar-refractivity contribution in [2.75, 3.05) is 10.5 Å². The van der Waals surface area contributed by atoms with Gasteiger partial charge in [-0.2, -0.15) is 23.3 Å². The maximum Gasteiger partial charge on any atom is 0.408 e. The summed E-state index contributed by atoms with van der Waals surface area (Å²) in [4.78, 5) is 21.1. The highest BCUT2D eigenvalue weighted by molar-refractivity contribution is 7.99. The average Bonchev–Trinajstić information content (AvgIpc) is 3.23. The second-order valence-electron chi connectivity index (χ2n) is 8.25. The highest BCUT2D eigenvalue weighted by Crippen LogP contribution is 2.33. The molecule has 0 aliphatic heterocycles. The summed E-state index contributed by atoms with van der Waals surface area (Å²) in [5.41, 5.74) is 3.55. The van der Waals surface area contributed by atoms with Gasteiger partial charge in [-0.3, -0.25) is 14.0 Å². The number of nitrogens with two attached hydrogens (primary N) is 1. The SMILES string of the molecule is CC(C)n1c(=O)c(-c2cc(F)c(NSCc3ccn(CC(F)(F)F)n3)c(F)c2F)cc2cnc(N)nc21. The van der Waals surface area contributed by atoms with Crippen LogP contribution in [0.15, 0.2) is 35.4 Å². The van der Waals surface area contributed by atoms with Crippen LogP contribution >= 0.6 is 11.9 Å². The first-order chi connectivity index (χ1) is 17.4. The van der Waals surface area contributed by atoms with Crippen LogP contribution in [0.25, 0.3) is 22.2 Å². The number of aromatic nitrogens is 5. The van der Waals surface area contributed by atoms with Crippen molar-refractivity contribution in [2.45, 2.75) is 38.4 Å². The summed E-state index contributed by atoms with van der Waals surface area (Å²) in [5, 5.41) is 4.03. The standard InChI is InChI=1S/C22H19F6N7OS/c1-10(2)35-19-11(7-30-21(29)31-19)5-14(20(35)36)13-6-15(23)18(17(25)16(13)24)33-37-8-12-3-4-34(32-12)9-22(26,27)28/h3-7,10,33H,8-9H2,1-2H3,(H2,29,30,31). The number of benzene rings is 1. The molecule has 0 aliphatic carbocycles. The molecule has 0 bridgehead atoms. The minimum atomic E-state index is -4.45. The van der Waals surface area contributed by atoms with E-state index in [0.717, 1.165) is 6.20 Å². The molecule has 4 aromatic rings. The summed E-state index contributed by atoms with van der Waals surface area (Å²) < 4.78 is 86.5. The van der Waals surface area contributed by atoms with Crippen molar-refractivity contribution in [1.29, 1.82) is 0 Å². The van der Waals surface area contributed by atoms with Crippen LogP contribution in [0.2, 0.25) is 0 Å². The molecule has 0 spiro atoms. The number of hydrogen-bond donors (Lipinski definition) is 2. The number of halogens is 6. The summed E-state index contributed by atoms with van der Waals surface area (Å²) >= 11 is 0.694. The highest BCUT2D eigenvalue weighted by Gasteiger charge is 2.28. The largest absolute Gasteiger partial charge is 0.408 e. The molecule has 0 saturated heterocycles. The van der Waals surface area contributed by atoms with Gasteiger partial charge in [-0.15, -0.1) is 0 Å². The zero-order valence-corrected chi connectivity index (χ0v) is 20.1. The lowest BCUT2D eigenvalue weighted by molar-refractivity contribution is -0.142. The monoisotopic (exact) mass is 543 g/mol. The van der Waals surface area contributed by atoms with Crippen LogP contribution in [0.3, 0.4) is 0 Å². The van der Waals surface area contributed by atoms with Gasteiger partial charge in [0.25, 0.3) is 5.56 Å². The van der Waals surface area contributed by atoms with Gasteiger partial charge in [0, 0.05) is 29.4 Å². The molecule has 0 fully saturated rings. The molecular formula is C22H19F6N7OS. The predicted molar refractivity (Wildman–Crippen MR) is 127 cm³/mol. The van der Waals surface area contributed by atoms with E-state index in [2.05, 4.69) is 19.8 Å². The Morgan fingerprint density at radius 1 is 1.14 bits per heavy atom. The Morgan fingerprint density at radius 3 is 2.54 bits per heavy atom. The van der Waals surface area contributed by atoms with Crippen molar-refractivity contribution < 1.29 is 26.3 Å². The number of nitrogens with one attached hydrogen (secondary N) is 1. The van der Waals surface area contributed by atoms with Gasteiger partial charge in [0.1, 0.15) is 17.9 Å². The first-order valence-corrected chi connectivity index (χ1v) is 11.7. The Balaban J connectivity index is 1.63. The third kappa shape index (κ3) is 5.50. The molecule has 0 aliphatic rings. The molecule has 37 heavy (non-hydrogen) atoms. The quantitative estimate of drug-likeness (QED) is 0.191. The van der Waals surface area contributed by atoms with Crippen molar-refractivity contribution in [1.82, 2.24) is 24.3 Å². The van der Waals surface area contributed by atoms with Gasteiger partial charge in [0.05, 0.1) is 17.0 Å². The molecule has 4 rings (SSSR count). The average molecular weight is 543 g/mol. The van der Waals surface area contributed by atoms with Gasteiger partial charge in [-0.25, -0.2) is 18.2 Å². The Labute approximate surface area is 209 Å². The predicted octanol–water partition coefficient (Wildman–Crippen LogP) is 5.06. The third-order valence-electron chi connectivity index (χ3n) is 5.19. The van der Waals surface area contributed by atoms with E-state index < -0.39 is 53.0 Å². The van der Waals surface area contributed by atoms with E-state index in [1.807, 2.05) is 0 Å². The van der Waals surface area contributed by atoms with Crippen LogP contribution in [0.4, 0.5) is 38.0 Å². The lowest BCUT2D eigenvalue weighted by Gasteiger charge is -2.16. The van der Waals surface area contributed by atoms with Crippen LogP contribution in [0.5, 0.6) is 0 Å². The van der Waals surface area contributed by atoms with Crippen molar-refractivity contribution in [3.8, 4) is 11.1 Å². The summed E-state index contributed by atoms with van der Waals surface area (Å²) in [6.45, 7) is 2.07. The van der Waals surface area contributed by atoms with Crippen LogP contribution < -0.4 is 16.0 Å². The Hall–Kier alpha value is -3.75. The highest BCUT2D eigenvalue weighted by atomic mass is 32.2. The van der Waals surface area contributed by atoms with Crippen molar-refractivity contribution in [3.05, 3.63) is 64.1 Å². The van der Waals surface area contributed by atoms with E-state index in [0.29, 0.717) is 28.1 Å². The second-order valence-corrected chi connectivity index (χ2v) is 9.04. The van der Waals surface area contributed by atoms with Crippen LogP contribution in [0, 0.1) is 17.5 Å². The number of fused-ring (bicyclic) bond motifs is 1. The number of pyridine rings is 1. The number of rotatable bonds is 7. The van der Waals surface area contributed by atoms with E-state index in [1.54, 1.807) is 13.8 Å². The molecule has 0 amide bonds. The van der Waals surface area contributed by atoms with Crippen LogP contribution in [0.1, 0.15) is 25.6 Å². The molecule has 8 nitrogen and oxygen atoms in total. The zero-order valence-electron chi connectivity index (χ0n) is 19.3. The Bertz CT molecular complexity index is 1530. The van der Waals surface area contributed by atoms with Crippen molar-refractivity contribution >= 4 is 34.6 Å². The Morgan fingerprint density at radius 2 is 1.86 bits per heavy atom. The maximum atomic E-state index is 15.1. The maximum absolute atomic E-state index is 15.1. The molecule has 3 aromatic heterocycles. The molecular weight excluding hydrogens is 524 g/mol. The molecule has 1 aromatic carbocycles. The fraction of sp³-hybridized carbons (Fsp3) is 0.273. The molecule has 15 heteroatoms. The van der Waals surface area contributed by atoms with Crippen molar-refractivity contribution in [2.24, 2.45) is 0 Å². The number of hydrogen-bond acceptors (Lipinski definition) is 7. The third-order valence-corrected chi connectivity index (χ3v) is 5.98. The molecule has 0 saturated carbocycles. The molecule has 0 atom stereocenters. The van der Waals surface area contributed by atoms with E-state index in [-0.39, 0.29) is 28.6 Å². The van der Waals surface area contributed by atoms with Gasteiger partial charge in [-0.1, -0.05) is 0 Å². The molecule has 0 unspecified atom stereocenters. The number of nitrogen functional groups attached to an aromatic ring is 1. The van der Waals surface area contributed by atoms with Gasteiger partial charge in [0.15, 0.2) is 17.5 Å². The lowest BCUT2D eigenvalue weighted by Crippen LogP contribution is -2.25. The fourth-order valence-electron chi connectivity index (χ4n) is 3.62. The second kappa shape index (κ2) is 9.95. The number of alkyl halides is 3. The minimum absolute atomic E-state index is 0.0694. The smallest absolute Gasteiger partial charge is 0.368 e. The minimum Gasteiger partial charge on any atom is -0.368 e.